The smallest absolute Gasteiger partial charge is 0.394 e. The van der Waals surface area contributed by atoms with Gasteiger partial charge < -0.3 is 19.1 Å². The van der Waals surface area contributed by atoms with Crippen molar-refractivity contribution in [3.05, 3.63) is 70.7 Å². The Morgan fingerprint density at radius 1 is 1.14 bits per heavy atom. The molecule has 5 rings (SSSR count). The Bertz CT molecular complexity index is 1300. The van der Waals surface area contributed by atoms with Crippen molar-refractivity contribution in [1.29, 1.82) is 0 Å². The van der Waals surface area contributed by atoms with Gasteiger partial charge >= 0.3 is 12.1 Å². The minimum atomic E-state index is -4.63. The van der Waals surface area contributed by atoms with Gasteiger partial charge in [0.2, 0.25) is 0 Å². The zero-order valence-electron chi connectivity index (χ0n) is 19.7. The number of fused-ring (bicyclic) bond motifs is 1. The first-order valence-electron chi connectivity index (χ1n) is 11.6. The summed E-state index contributed by atoms with van der Waals surface area (Å²) in [6, 6.07) is 15.4. The molecule has 0 aliphatic carbocycles. The first-order chi connectivity index (χ1) is 17.7. The molecule has 7 nitrogen and oxygen atoms in total. The van der Waals surface area contributed by atoms with E-state index < -0.39 is 36.4 Å². The molecule has 0 spiro atoms. The lowest BCUT2D eigenvalue weighted by Crippen LogP contribution is -2.34. The molecule has 0 bridgehead atoms. The molecule has 3 atom stereocenters. The number of ether oxygens (including phenoxy) is 3. The third-order valence-corrected chi connectivity index (χ3v) is 7.44. The van der Waals surface area contributed by atoms with E-state index in [0.717, 1.165) is 53.1 Å². The van der Waals surface area contributed by atoms with Crippen molar-refractivity contribution < 1.29 is 37.0 Å². The van der Waals surface area contributed by atoms with Gasteiger partial charge in [-0.25, -0.2) is 4.98 Å². The minimum Gasteiger partial charge on any atom is -0.485 e. The van der Waals surface area contributed by atoms with Gasteiger partial charge in [0.1, 0.15) is 22.5 Å². The van der Waals surface area contributed by atoms with E-state index >= 15 is 0 Å². The van der Waals surface area contributed by atoms with Gasteiger partial charge in [0, 0.05) is 13.1 Å². The van der Waals surface area contributed by atoms with Gasteiger partial charge in [-0.05, 0) is 42.2 Å². The first kappa shape index (κ1) is 25.1. The number of halogens is 3. The van der Waals surface area contributed by atoms with Gasteiger partial charge in [-0.2, -0.15) is 13.2 Å². The molecule has 1 saturated heterocycles. The summed E-state index contributed by atoms with van der Waals surface area (Å²) in [5.41, 5.74) is 2.10. The number of amides is 1. The van der Waals surface area contributed by atoms with E-state index in [1.165, 1.54) is 6.20 Å². The Hall–Kier alpha value is -3.60. The van der Waals surface area contributed by atoms with Crippen LogP contribution >= 0.6 is 11.3 Å². The van der Waals surface area contributed by atoms with Crippen molar-refractivity contribution in [1.82, 2.24) is 9.88 Å². The molecule has 0 saturated carbocycles. The highest BCUT2D eigenvalue weighted by atomic mass is 32.1. The molecule has 0 radical (unpaired) electrons. The number of alkyl halides is 3. The minimum absolute atomic E-state index is 0.0192. The zero-order chi connectivity index (χ0) is 26.2. The van der Waals surface area contributed by atoms with Crippen LogP contribution in [0.4, 0.5) is 13.2 Å². The number of esters is 1. The maximum atomic E-state index is 13.4. The van der Waals surface area contributed by atoms with E-state index in [0.29, 0.717) is 5.75 Å². The van der Waals surface area contributed by atoms with Gasteiger partial charge in [0.25, 0.3) is 11.1 Å². The molecule has 1 aromatic heterocycles. The van der Waals surface area contributed by atoms with Gasteiger partial charge in [0.05, 0.1) is 25.1 Å². The fraction of sp³-hybridized carbons (Fsp3) is 0.346. The van der Waals surface area contributed by atoms with Crippen molar-refractivity contribution in [3.63, 3.8) is 0 Å². The van der Waals surface area contributed by atoms with E-state index in [-0.39, 0.29) is 22.7 Å². The molecule has 0 N–H and O–H groups in total. The standard InChI is InChI=1S/C26H23F3N2O5S/c1-34-24(33)18-13-31(14-19(18)26(27,28)29)23(32)22-12-30-25(37-22)35-17-8-10-21-16(11-17)7-9-20(36-21)15-5-3-2-4-6-15/h2-6,8,10-12,18-20H,7,9,13-14H2,1H3/t18?,19?,20-/m0/s1. The van der Waals surface area contributed by atoms with E-state index in [4.69, 9.17) is 9.47 Å². The second-order valence-corrected chi connectivity index (χ2v) is 9.90. The number of carbonyl (C=O) groups is 2. The molecular formula is C26H23F3N2O5S. The fourth-order valence-electron chi connectivity index (χ4n) is 4.68. The van der Waals surface area contributed by atoms with Crippen molar-refractivity contribution in [2.45, 2.75) is 25.1 Å². The fourth-order valence-corrected chi connectivity index (χ4v) is 5.44. The highest BCUT2D eigenvalue weighted by molar-refractivity contribution is 7.15. The average Bonchev–Trinajstić information content (AvgIpc) is 3.56. The summed E-state index contributed by atoms with van der Waals surface area (Å²) in [6.07, 6.45) is -1.77. The number of aromatic nitrogens is 1. The quantitative estimate of drug-likeness (QED) is 0.408. The Morgan fingerprint density at radius 3 is 2.65 bits per heavy atom. The molecular weight excluding hydrogens is 509 g/mol. The Kier molecular flexibility index (Phi) is 6.80. The van der Waals surface area contributed by atoms with Crippen LogP contribution in [0.1, 0.15) is 33.3 Å². The van der Waals surface area contributed by atoms with Crippen molar-refractivity contribution >= 4 is 23.2 Å². The average molecular weight is 533 g/mol. The molecule has 3 heterocycles. The van der Waals surface area contributed by atoms with Gasteiger partial charge in [-0.3, -0.25) is 9.59 Å². The summed E-state index contributed by atoms with van der Waals surface area (Å²) >= 11 is 0.929. The van der Waals surface area contributed by atoms with Crippen LogP contribution < -0.4 is 9.47 Å². The van der Waals surface area contributed by atoms with Crippen LogP contribution in [0.3, 0.4) is 0 Å². The van der Waals surface area contributed by atoms with Crippen LogP contribution in [0, 0.1) is 11.8 Å². The molecule has 1 fully saturated rings. The maximum Gasteiger partial charge on any atom is 0.394 e. The Balaban J connectivity index is 1.25. The number of thiazole rings is 1. The normalized spacial score (nSPS) is 21.2. The molecule has 194 valence electrons. The molecule has 2 aromatic carbocycles. The van der Waals surface area contributed by atoms with Crippen molar-refractivity contribution in [2.24, 2.45) is 11.8 Å². The van der Waals surface area contributed by atoms with Crippen molar-refractivity contribution in [3.8, 4) is 16.7 Å². The lowest BCUT2D eigenvalue weighted by molar-refractivity contribution is -0.189. The number of methoxy groups -OCH3 is 1. The summed E-state index contributed by atoms with van der Waals surface area (Å²) in [4.78, 5) is 30.0. The number of likely N-dealkylation sites (tertiary alicyclic amines) is 1. The summed E-state index contributed by atoms with van der Waals surface area (Å²) in [5.74, 6) is -3.78. The third-order valence-electron chi connectivity index (χ3n) is 6.58. The van der Waals surface area contributed by atoms with Crippen LogP contribution in [-0.2, 0) is 16.0 Å². The number of hydrogen-bond acceptors (Lipinski definition) is 7. The summed E-state index contributed by atoms with van der Waals surface area (Å²) in [7, 11) is 1.03. The number of hydrogen-bond donors (Lipinski definition) is 0. The van der Waals surface area contributed by atoms with Crippen molar-refractivity contribution in [2.75, 3.05) is 20.2 Å². The SMILES string of the molecule is COC(=O)C1CN(C(=O)c2cnc(Oc3ccc4c(c3)CC[C@@H](c3ccccc3)O4)s2)CC1C(F)(F)F. The summed E-state index contributed by atoms with van der Waals surface area (Å²) in [6.45, 7) is -0.996. The maximum absolute atomic E-state index is 13.4. The molecule has 2 aliphatic rings. The van der Waals surface area contributed by atoms with E-state index in [9.17, 15) is 22.8 Å². The van der Waals surface area contributed by atoms with Gasteiger partial charge in [0.15, 0.2) is 0 Å². The lowest BCUT2D eigenvalue weighted by atomic mass is 9.96. The number of rotatable bonds is 5. The van der Waals surface area contributed by atoms with Crippen LogP contribution in [-0.4, -0.2) is 48.1 Å². The summed E-state index contributed by atoms with van der Waals surface area (Å²) < 4.78 is 56.8. The number of carbonyl (C=O) groups excluding carboxylic acids is 2. The number of aryl methyl sites for hydroxylation is 1. The van der Waals surface area contributed by atoms with E-state index in [2.05, 4.69) is 9.72 Å². The highest BCUT2D eigenvalue weighted by Gasteiger charge is 2.54. The third kappa shape index (κ3) is 5.27. The van der Waals surface area contributed by atoms with E-state index in [1.54, 1.807) is 6.07 Å². The molecule has 37 heavy (non-hydrogen) atoms. The second-order valence-electron chi connectivity index (χ2n) is 8.91. The number of nitrogens with zero attached hydrogens (tertiary/aromatic N) is 2. The highest BCUT2D eigenvalue weighted by Crippen LogP contribution is 2.40. The summed E-state index contributed by atoms with van der Waals surface area (Å²) in [5, 5.41) is 0.179. The van der Waals surface area contributed by atoms with Crippen LogP contribution in [0.25, 0.3) is 0 Å². The zero-order valence-corrected chi connectivity index (χ0v) is 20.6. The monoisotopic (exact) mass is 532 g/mol. The Labute approximate surface area is 214 Å². The largest absolute Gasteiger partial charge is 0.485 e. The Morgan fingerprint density at radius 2 is 1.92 bits per heavy atom. The molecule has 11 heteroatoms. The van der Waals surface area contributed by atoms with Gasteiger partial charge in [-0.1, -0.05) is 41.7 Å². The van der Waals surface area contributed by atoms with Crippen LogP contribution in [0.15, 0.2) is 54.7 Å². The molecule has 2 aliphatic heterocycles. The van der Waals surface area contributed by atoms with E-state index in [1.807, 2.05) is 42.5 Å². The lowest BCUT2D eigenvalue weighted by Gasteiger charge is -2.26. The molecule has 3 aromatic rings. The topological polar surface area (TPSA) is 78.0 Å². The first-order valence-corrected chi connectivity index (χ1v) is 12.5. The van der Waals surface area contributed by atoms with Gasteiger partial charge in [-0.15, -0.1) is 0 Å². The molecule has 2 unspecified atom stereocenters. The second kappa shape index (κ2) is 10.0. The van der Waals surface area contributed by atoms with Crippen LogP contribution in [0.2, 0.25) is 0 Å². The predicted octanol–water partition coefficient (Wildman–Crippen LogP) is 5.43. The van der Waals surface area contributed by atoms with Crippen LogP contribution in [0.5, 0.6) is 16.7 Å². The number of benzene rings is 2. The predicted molar refractivity (Wildman–Crippen MR) is 128 cm³/mol. The molecule has 1 amide bonds.